The molecular weight excluding hydrogens is 383 g/mol. The van der Waals surface area contributed by atoms with Crippen LogP contribution < -0.4 is 5.73 Å². The minimum absolute atomic E-state index is 0.0727. The van der Waals surface area contributed by atoms with E-state index in [0.29, 0.717) is 30.4 Å². The van der Waals surface area contributed by atoms with Gasteiger partial charge in [0.1, 0.15) is 11.5 Å². The molecule has 148 valence electrons. The lowest BCUT2D eigenvalue weighted by molar-refractivity contribution is 0.446. The molecule has 5 rings (SSSR count). The highest BCUT2D eigenvalue weighted by molar-refractivity contribution is 5.61. The highest BCUT2D eigenvalue weighted by Crippen LogP contribution is 2.34. The van der Waals surface area contributed by atoms with Crippen LogP contribution in [0.4, 0.5) is 13.2 Å². The number of hydrogen-bond donors (Lipinski definition) is 1. The molecule has 0 radical (unpaired) electrons. The summed E-state index contributed by atoms with van der Waals surface area (Å²) in [7, 11) is 1.68. The molecule has 0 saturated carbocycles. The summed E-state index contributed by atoms with van der Waals surface area (Å²) in [4.78, 5) is 6.03. The van der Waals surface area contributed by atoms with E-state index in [2.05, 4.69) is 20.4 Å². The Kier molecular flexibility index (Phi) is 3.91. The molecular formula is C19H16F3N7. The zero-order chi connectivity index (χ0) is 20.3. The maximum absolute atomic E-state index is 14.3. The third-order valence-corrected chi connectivity index (χ3v) is 5.37. The fourth-order valence-corrected chi connectivity index (χ4v) is 3.95. The van der Waals surface area contributed by atoms with Gasteiger partial charge in [0.15, 0.2) is 11.6 Å². The van der Waals surface area contributed by atoms with Gasteiger partial charge in [0.2, 0.25) is 5.82 Å². The number of hydrogen-bond acceptors (Lipinski definition) is 5. The van der Waals surface area contributed by atoms with E-state index in [9.17, 15) is 13.2 Å². The van der Waals surface area contributed by atoms with Crippen molar-refractivity contribution in [3.8, 4) is 11.4 Å². The van der Waals surface area contributed by atoms with Crippen LogP contribution in [0.5, 0.6) is 0 Å². The van der Waals surface area contributed by atoms with Gasteiger partial charge >= 0.3 is 0 Å². The molecule has 0 saturated heterocycles. The van der Waals surface area contributed by atoms with Gasteiger partial charge in [-0.25, -0.2) is 18.2 Å². The summed E-state index contributed by atoms with van der Waals surface area (Å²) in [6, 6.07) is 4.71. The van der Waals surface area contributed by atoms with E-state index in [4.69, 9.17) is 5.73 Å². The average molecular weight is 399 g/mol. The number of aromatic nitrogens is 6. The van der Waals surface area contributed by atoms with Crippen LogP contribution >= 0.6 is 0 Å². The van der Waals surface area contributed by atoms with Crippen molar-refractivity contribution >= 4 is 5.65 Å². The first-order valence-corrected chi connectivity index (χ1v) is 9.05. The Hall–Kier alpha value is -3.27. The van der Waals surface area contributed by atoms with Crippen LogP contribution in [0.2, 0.25) is 0 Å². The molecule has 2 atom stereocenters. The van der Waals surface area contributed by atoms with E-state index >= 15 is 0 Å². The number of rotatable bonds is 2. The Morgan fingerprint density at radius 2 is 1.86 bits per heavy atom. The van der Waals surface area contributed by atoms with Crippen molar-refractivity contribution in [1.82, 2.24) is 29.6 Å². The lowest BCUT2D eigenvalue weighted by Crippen LogP contribution is -2.37. The van der Waals surface area contributed by atoms with Gasteiger partial charge in [0, 0.05) is 41.9 Å². The van der Waals surface area contributed by atoms with Crippen LogP contribution in [-0.4, -0.2) is 35.6 Å². The quantitative estimate of drug-likeness (QED) is 0.522. The molecule has 2 N–H and O–H groups in total. The largest absolute Gasteiger partial charge is 0.327 e. The van der Waals surface area contributed by atoms with Gasteiger partial charge in [-0.15, -0.1) is 10.2 Å². The molecule has 1 aliphatic carbocycles. The third-order valence-electron chi connectivity index (χ3n) is 5.37. The number of tetrazole rings is 1. The van der Waals surface area contributed by atoms with Crippen LogP contribution in [0.25, 0.3) is 17.0 Å². The van der Waals surface area contributed by atoms with Crippen LogP contribution in [-0.2, 0) is 19.9 Å². The van der Waals surface area contributed by atoms with E-state index in [1.54, 1.807) is 7.05 Å². The molecule has 0 aliphatic heterocycles. The monoisotopic (exact) mass is 399 g/mol. The molecule has 29 heavy (non-hydrogen) atoms. The number of halogens is 3. The van der Waals surface area contributed by atoms with Crippen molar-refractivity contribution in [2.24, 2.45) is 12.8 Å². The Morgan fingerprint density at radius 1 is 1.07 bits per heavy atom. The smallest absolute Gasteiger partial charge is 0.205 e. The van der Waals surface area contributed by atoms with Crippen LogP contribution in [0.1, 0.15) is 22.9 Å². The van der Waals surface area contributed by atoms with Gasteiger partial charge in [0.05, 0.1) is 12.7 Å². The molecule has 1 aromatic carbocycles. The second-order valence-corrected chi connectivity index (χ2v) is 7.22. The lowest BCUT2D eigenvalue weighted by Gasteiger charge is -2.29. The second kappa shape index (κ2) is 6.38. The highest BCUT2D eigenvalue weighted by atomic mass is 19.2. The van der Waals surface area contributed by atoms with E-state index in [1.807, 2.05) is 22.7 Å². The van der Waals surface area contributed by atoms with E-state index in [0.717, 1.165) is 23.0 Å². The van der Waals surface area contributed by atoms with Gasteiger partial charge in [-0.1, -0.05) is 0 Å². The summed E-state index contributed by atoms with van der Waals surface area (Å²) < 4.78 is 43.2. The molecule has 0 fully saturated rings. The summed E-state index contributed by atoms with van der Waals surface area (Å²) in [6.45, 7) is 0. The molecule has 10 heteroatoms. The topological polar surface area (TPSA) is 86.9 Å². The van der Waals surface area contributed by atoms with Crippen molar-refractivity contribution in [3.63, 3.8) is 0 Å². The zero-order valence-electron chi connectivity index (χ0n) is 15.4. The van der Waals surface area contributed by atoms with Gasteiger partial charge in [-0.3, -0.25) is 0 Å². The minimum atomic E-state index is -1.21. The average Bonchev–Trinajstić information content (AvgIpc) is 3.27. The summed E-state index contributed by atoms with van der Waals surface area (Å²) in [5, 5.41) is 12.0. The molecule has 1 aliphatic rings. The van der Waals surface area contributed by atoms with E-state index in [1.165, 1.54) is 4.80 Å². The lowest BCUT2D eigenvalue weighted by atomic mass is 9.80. The maximum atomic E-state index is 14.3. The standard InChI is InChI=1S/C19H16F3N7/c1-28-26-19(25-27-28)9-2-3-29-17-8-15(23)11(6-16(17)24-18(29)4-9)10-5-13(21)14(22)7-12(10)20/h2-5,7,11,15H,6,8,23H2,1H3. The molecule has 0 spiro atoms. The summed E-state index contributed by atoms with van der Waals surface area (Å²) in [6.07, 6.45) is 2.62. The molecule has 0 amide bonds. The van der Waals surface area contributed by atoms with Gasteiger partial charge in [0.25, 0.3) is 0 Å². The molecule has 3 aromatic heterocycles. The number of aryl methyl sites for hydroxylation is 1. The highest BCUT2D eigenvalue weighted by Gasteiger charge is 2.33. The SMILES string of the molecule is Cn1nnc(-c2ccn3c4c(nc3c2)CC(c2cc(F)c(F)cc2F)C(N)C4)n1. The number of nitrogens with zero attached hydrogens (tertiary/aromatic N) is 6. The van der Waals surface area contributed by atoms with Crippen LogP contribution in [0.3, 0.4) is 0 Å². The normalized spacial score (nSPS) is 18.9. The predicted molar refractivity (Wildman–Crippen MR) is 97.4 cm³/mol. The number of benzene rings is 1. The second-order valence-electron chi connectivity index (χ2n) is 7.22. The molecule has 2 unspecified atom stereocenters. The fourth-order valence-electron chi connectivity index (χ4n) is 3.95. The van der Waals surface area contributed by atoms with E-state index < -0.39 is 29.4 Å². The minimum Gasteiger partial charge on any atom is -0.327 e. The Balaban J connectivity index is 1.55. The first-order chi connectivity index (χ1) is 13.9. The Morgan fingerprint density at radius 3 is 2.62 bits per heavy atom. The first kappa shape index (κ1) is 17.8. The van der Waals surface area contributed by atoms with Gasteiger partial charge in [-0.05, 0) is 35.4 Å². The molecule has 3 heterocycles. The summed E-state index contributed by atoms with van der Waals surface area (Å²) in [5.74, 6) is -3.12. The van der Waals surface area contributed by atoms with Crippen molar-refractivity contribution < 1.29 is 13.2 Å². The summed E-state index contributed by atoms with van der Waals surface area (Å²) in [5.41, 5.74) is 9.49. The summed E-state index contributed by atoms with van der Waals surface area (Å²) >= 11 is 0. The van der Waals surface area contributed by atoms with Crippen molar-refractivity contribution in [3.05, 3.63) is 64.9 Å². The predicted octanol–water partition coefficient (Wildman–Crippen LogP) is 2.15. The van der Waals surface area contributed by atoms with Gasteiger partial charge < -0.3 is 10.1 Å². The third kappa shape index (κ3) is 2.87. The Labute approximate surface area is 163 Å². The van der Waals surface area contributed by atoms with Crippen molar-refractivity contribution in [1.29, 1.82) is 0 Å². The number of fused-ring (bicyclic) bond motifs is 3. The van der Waals surface area contributed by atoms with Crippen LogP contribution in [0.15, 0.2) is 30.5 Å². The fraction of sp³-hybridized carbons (Fsp3) is 0.263. The van der Waals surface area contributed by atoms with Crippen LogP contribution in [0, 0.1) is 17.5 Å². The van der Waals surface area contributed by atoms with Crippen molar-refractivity contribution in [2.45, 2.75) is 24.8 Å². The Bertz CT molecular complexity index is 1250. The number of pyridine rings is 1. The molecule has 4 aromatic rings. The van der Waals surface area contributed by atoms with Gasteiger partial charge in [-0.2, -0.15) is 4.80 Å². The van der Waals surface area contributed by atoms with E-state index in [-0.39, 0.29) is 5.56 Å². The molecule has 7 nitrogen and oxygen atoms in total. The zero-order valence-corrected chi connectivity index (χ0v) is 15.4. The maximum Gasteiger partial charge on any atom is 0.205 e. The number of imidazole rings is 1. The molecule has 0 bridgehead atoms. The number of nitrogens with two attached hydrogens (primary N) is 1. The first-order valence-electron chi connectivity index (χ1n) is 9.05. The van der Waals surface area contributed by atoms with Crippen molar-refractivity contribution in [2.75, 3.05) is 0 Å².